The molecule has 1 aromatic carbocycles. The lowest BCUT2D eigenvalue weighted by atomic mass is 10.3. The summed E-state index contributed by atoms with van der Waals surface area (Å²) in [4.78, 5) is 5.43. The summed E-state index contributed by atoms with van der Waals surface area (Å²) in [5.74, 6) is -0.511. The van der Waals surface area contributed by atoms with Crippen LogP contribution in [0, 0.1) is 13.8 Å². The number of hydrogen-bond donors (Lipinski definition) is 1. The Morgan fingerprint density at radius 2 is 1.93 bits per heavy atom. The average Bonchev–Trinajstić information content (AvgIpc) is 3.13. The lowest BCUT2D eigenvalue weighted by Crippen LogP contribution is -2.17. The van der Waals surface area contributed by atoms with Gasteiger partial charge in [-0.3, -0.25) is 4.72 Å². The Balaban J connectivity index is 1.82. The zero-order valence-electron chi connectivity index (χ0n) is 14.0. The van der Waals surface area contributed by atoms with E-state index in [1.807, 2.05) is 13.8 Å². The van der Waals surface area contributed by atoms with Crippen LogP contribution >= 0.6 is 22.7 Å². The number of aryl methyl sites for hydroxylation is 2. The maximum Gasteiger partial charge on any atom is 0.573 e. The third-order valence-electron chi connectivity index (χ3n) is 3.44. The Morgan fingerprint density at radius 3 is 2.56 bits per heavy atom. The second kappa shape index (κ2) is 7.13. The van der Waals surface area contributed by atoms with Crippen molar-refractivity contribution in [2.75, 3.05) is 4.72 Å². The molecule has 0 atom stereocenters. The fourth-order valence-corrected chi connectivity index (χ4v) is 5.32. The van der Waals surface area contributed by atoms with Gasteiger partial charge < -0.3 is 4.74 Å². The molecule has 0 amide bonds. The summed E-state index contributed by atoms with van der Waals surface area (Å²) in [6.07, 6.45) is -4.86. The van der Waals surface area contributed by atoms with Gasteiger partial charge in [0.2, 0.25) is 0 Å². The van der Waals surface area contributed by atoms with E-state index in [1.54, 1.807) is 5.38 Å². The van der Waals surface area contributed by atoms with E-state index in [0.29, 0.717) is 10.6 Å². The number of thiazole rings is 1. The molecule has 2 heterocycles. The number of rotatable bonds is 5. The van der Waals surface area contributed by atoms with Crippen molar-refractivity contribution in [1.29, 1.82) is 0 Å². The van der Waals surface area contributed by atoms with Crippen molar-refractivity contribution < 1.29 is 26.3 Å². The SMILES string of the molecule is Cc1nc(-c2csc(S(=O)(=O)Nc3cccc(OC(F)(F)F)c3)c2)sc1C. The molecule has 3 aromatic rings. The lowest BCUT2D eigenvalue weighted by molar-refractivity contribution is -0.274. The first-order valence-corrected chi connectivity index (χ1v) is 10.6. The second-order valence-corrected chi connectivity index (χ2v) is 9.52. The first-order valence-electron chi connectivity index (χ1n) is 7.45. The molecular formula is C16H13F3N2O3S3. The summed E-state index contributed by atoms with van der Waals surface area (Å²) in [5.41, 5.74) is 1.52. The van der Waals surface area contributed by atoms with E-state index in [2.05, 4.69) is 14.4 Å². The Labute approximate surface area is 161 Å². The number of benzene rings is 1. The van der Waals surface area contributed by atoms with Crippen LogP contribution in [0.2, 0.25) is 0 Å². The number of sulfonamides is 1. The topological polar surface area (TPSA) is 68.3 Å². The molecule has 0 unspecified atom stereocenters. The minimum Gasteiger partial charge on any atom is -0.406 e. The molecule has 1 N–H and O–H groups in total. The van der Waals surface area contributed by atoms with E-state index < -0.39 is 22.1 Å². The Morgan fingerprint density at radius 1 is 1.19 bits per heavy atom. The summed E-state index contributed by atoms with van der Waals surface area (Å²) >= 11 is 2.46. The van der Waals surface area contributed by atoms with E-state index in [9.17, 15) is 21.6 Å². The maximum absolute atomic E-state index is 12.5. The Hall–Kier alpha value is -2.11. The largest absolute Gasteiger partial charge is 0.573 e. The molecule has 27 heavy (non-hydrogen) atoms. The van der Waals surface area contributed by atoms with Crippen molar-refractivity contribution in [3.63, 3.8) is 0 Å². The highest BCUT2D eigenvalue weighted by molar-refractivity contribution is 7.94. The van der Waals surface area contributed by atoms with Crippen LogP contribution in [0.5, 0.6) is 5.75 Å². The van der Waals surface area contributed by atoms with Gasteiger partial charge in [0.05, 0.1) is 11.4 Å². The predicted molar refractivity (Wildman–Crippen MR) is 98.8 cm³/mol. The summed E-state index contributed by atoms with van der Waals surface area (Å²) in [7, 11) is -3.96. The van der Waals surface area contributed by atoms with Gasteiger partial charge in [0, 0.05) is 21.9 Å². The van der Waals surface area contributed by atoms with Gasteiger partial charge >= 0.3 is 6.36 Å². The Bertz CT molecular complexity index is 1050. The van der Waals surface area contributed by atoms with Crippen molar-refractivity contribution in [1.82, 2.24) is 4.98 Å². The highest BCUT2D eigenvalue weighted by atomic mass is 32.2. The summed E-state index contributed by atoms with van der Waals surface area (Å²) in [5, 5.41) is 2.39. The number of aromatic nitrogens is 1. The van der Waals surface area contributed by atoms with Crippen molar-refractivity contribution in [3.05, 3.63) is 46.3 Å². The number of anilines is 1. The van der Waals surface area contributed by atoms with Crippen LogP contribution in [0.25, 0.3) is 10.6 Å². The van der Waals surface area contributed by atoms with Crippen LogP contribution in [-0.2, 0) is 10.0 Å². The Kier molecular flexibility index (Phi) is 5.19. The van der Waals surface area contributed by atoms with Crippen molar-refractivity contribution >= 4 is 38.4 Å². The molecule has 0 saturated heterocycles. The fourth-order valence-electron chi connectivity index (χ4n) is 2.13. The van der Waals surface area contributed by atoms with E-state index in [1.165, 1.54) is 29.5 Å². The molecular weight excluding hydrogens is 421 g/mol. The smallest absolute Gasteiger partial charge is 0.406 e. The van der Waals surface area contributed by atoms with E-state index in [0.717, 1.165) is 34.0 Å². The van der Waals surface area contributed by atoms with Gasteiger partial charge in [-0.05, 0) is 32.0 Å². The van der Waals surface area contributed by atoms with Crippen LogP contribution in [-0.4, -0.2) is 19.8 Å². The number of nitrogens with zero attached hydrogens (tertiary/aromatic N) is 1. The van der Waals surface area contributed by atoms with Crippen LogP contribution in [0.1, 0.15) is 10.6 Å². The minimum absolute atomic E-state index is 0.0325. The average molecular weight is 434 g/mol. The van der Waals surface area contributed by atoms with Crippen molar-refractivity contribution in [2.24, 2.45) is 0 Å². The summed E-state index contributed by atoms with van der Waals surface area (Å²) in [6.45, 7) is 3.80. The first kappa shape index (κ1) is 19.6. The van der Waals surface area contributed by atoms with Gasteiger partial charge in [-0.2, -0.15) is 0 Å². The molecule has 0 bridgehead atoms. The third kappa shape index (κ3) is 4.79. The normalized spacial score (nSPS) is 12.2. The van der Waals surface area contributed by atoms with Gasteiger partial charge in [0.15, 0.2) is 0 Å². The molecule has 0 aliphatic rings. The predicted octanol–water partition coefficient (Wildman–Crippen LogP) is 5.19. The molecule has 0 spiro atoms. The molecule has 5 nitrogen and oxygen atoms in total. The van der Waals surface area contributed by atoms with E-state index >= 15 is 0 Å². The molecule has 0 aliphatic carbocycles. The number of thiophene rings is 1. The fraction of sp³-hybridized carbons (Fsp3) is 0.188. The van der Waals surface area contributed by atoms with Gasteiger partial charge in [-0.15, -0.1) is 35.8 Å². The summed E-state index contributed by atoms with van der Waals surface area (Å²) in [6, 6.07) is 6.14. The second-order valence-electron chi connectivity index (χ2n) is 5.50. The number of hydrogen-bond acceptors (Lipinski definition) is 6. The minimum atomic E-state index is -4.86. The van der Waals surface area contributed by atoms with Crippen LogP contribution in [0.3, 0.4) is 0 Å². The molecule has 0 radical (unpaired) electrons. The maximum atomic E-state index is 12.5. The molecule has 11 heteroatoms. The van der Waals surface area contributed by atoms with E-state index in [-0.39, 0.29) is 9.90 Å². The monoisotopic (exact) mass is 434 g/mol. The van der Waals surface area contributed by atoms with Crippen molar-refractivity contribution in [3.8, 4) is 16.3 Å². The molecule has 3 rings (SSSR count). The quantitative estimate of drug-likeness (QED) is 0.600. The highest BCUT2D eigenvalue weighted by Crippen LogP contribution is 2.33. The third-order valence-corrected chi connectivity index (χ3v) is 7.38. The van der Waals surface area contributed by atoms with E-state index in [4.69, 9.17) is 0 Å². The number of ether oxygens (including phenoxy) is 1. The van der Waals surface area contributed by atoms with Gasteiger partial charge in [0.1, 0.15) is 15.0 Å². The van der Waals surface area contributed by atoms with Crippen LogP contribution < -0.4 is 9.46 Å². The first-order chi connectivity index (χ1) is 12.5. The molecule has 0 saturated carbocycles. The lowest BCUT2D eigenvalue weighted by Gasteiger charge is -2.11. The highest BCUT2D eigenvalue weighted by Gasteiger charge is 2.31. The molecule has 144 valence electrons. The zero-order chi connectivity index (χ0) is 19.8. The van der Waals surface area contributed by atoms with Gasteiger partial charge in [-0.25, -0.2) is 13.4 Å². The summed E-state index contributed by atoms with van der Waals surface area (Å²) < 4.78 is 68.1. The van der Waals surface area contributed by atoms with Gasteiger partial charge in [-0.1, -0.05) is 6.07 Å². The van der Waals surface area contributed by atoms with Crippen LogP contribution in [0.15, 0.2) is 39.9 Å². The zero-order valence-corrected chi connectivity index (χ0v) is 16.4. The standard InChI is InChI=1S/C16H13F3N2O3S3/c1-9-10(2)26-15(20-9)11-6-14(25-8-11)27(22,23)21-12-4-3-5-13(7-12)24-16(17,18)19/h3-8,21H,1-2H3. The number of nitrogens with one attached hydrogen (secondary N) is 1. The molecule has 2 aromatic heterocycles. The van der Waals surface area contributed by atoms with Crippen LogP contribution in [0.4, 0.5) is 18.9 Å². The number of alkyl halides is 3. The number of halogens is 3. The molecule has 0 aliphatic heterocycles. The van der Waals surface area contributed by atoms with Crippen molar-refractivity contribution in [2.45, 2.75) is 24.4 Å². The van der Waals surface area contributed by atoms with Gasteiger partial charge in [0.25, 0.3) is 10.0 Å². The molecule has 0 fully saturated rings.